The lowest BCUT2D eigenvalue weighted by Crippen LogP contribution is -2.43. The summed E-state index contributed by atoms with van der Waals surface area (Å²) in [6.45, 7) is 5.22. The minimum Gasteiger partial charge on any atom is -0.282 e. The first-order valence-corrected chi connectivity index (χ1v) is 10.2. The van der Waals surface area contributed by atoms with Crippen LogP contribution in [0.3, 0.4) is 0 Å². The average molecular weight is 373 g/mol. The van der Waals surface area contributed by atoms with Crippen LogP contribution < -0.4 is 10.5 Å². The molecule has 0 saturated carbocycles. The summed E-state index contributed by atoms with van der Waals surface area (Å²) < 4.78 is 53.8. The first-order chi connectivity index (χ1) is 10.8. The molecular weight excluding hydrogens is 352 g/mol. The van der Waals surface area contributed by atoms with Gasteiger partial charge in [0.15, 0.2) is 16.0 Å². The number of aryl methyl sites for hydroxylation is 3. The third-order valence-corrected chi connectivity index (χ3v) is 5.34. The number of rotatable bonds is 2. The highest BCUT2D eigenvalue weighted by atomic mass is 32.2. The van der Waals surface area contributed by atoms with Gasteiger partial charge in [-0.25, -0.2) is 14.3 Å². The van der Waals surface area contributed by atoms with Crippen molar-refractivity contribution in [2.75, 3.05) is 12.1 Å². The molecule has 7 nitrogen and oxygen atoms in total. The number of aromatic nitrogens is 1. The van der Waals surface area contributed by atoms with E-state index in [9.17, 15) is 16.8 Å². The zero-order valence-corrected chi connectivity index (χ0v) is 15.5. The number of hydrogen-bond acceptors (Lipinski definition) is 5. The van der Waals surface area contributed by atoms with Crippen LogP contribution in [0.1, 0.15) is 16.7 Å². The van der Waals surface area contributed by atoms with E-state index in [-0.39, 0.29) is 9.79 Å². The summed E-state index contributed by atoms with van der Waals surface area (Å²) in [4.78, 5) is 0.251. The van der Waals surface area contributed by atoms with Crippen molar-refractivity contribution < 1.29 is 26.1 Å². The van der Waals surface area contributed by atoms with Crippen LogP contribution in [0.5, 0.6) is 0 Å². The number of sulfone groups is 1. The summed E-state index contributed by atoms with van der Waals surface area (Å²) in [5.74, 6) is 5.31. The van der Waals surface area contributed by atoms with Crippen molar-refractivity contribution in [1.29, 1.82) is 0 Å². The third-order valence-electron chi connectivity index (χ3n) is 3.09. The second kappa shape index (κ2) is 7.29. The highest BCUT2D eigenvalue weighted by Crippen LogP contribution is 2.20. The Bertz CT molecular complexity index is 929. The zero-order valence-electron chi connectivity index (χ0n) is 13.9. The van der Waals surface area contributed by atoms with Crippen LogP contribution in [0.25, 0.3) is 0 Å². The first-order valence-electron chi connectivity index (χ1n) is 6.84. The summed E-state index contributed by atoms with van der Waals surface area (Å²) >= 11 is 0. The summed E-state index contributed by atoms with van der Waals surface area (Å²) in [7, 11) is -7.21. The zero-order chi connectivity index (χ0) is 18.7. The number of nitrogen functional groups attached to an aromatic ring is 1. The van der Waals surface area contributed by atoms with E-state index in [1.807, 2.05) is 6.92 Å². The van der Waals surface area contributed by atoms with Gasteiger partial charge < -0.3 is 0 Å². The molecule has 3 N–H and O–H groups in total. The van der Waals surface area contributed by atoms with Gasteiger partial charge in [0.1, 0.15) is 4.90 Å². The predicted octanol–water partition coefficient (Wildman–Crippen LogP) is 0.950. The maximum atomic E-state index is 10.9. The Morgan fingerprint density at radius 1 is 1.04 bits per heavy atom. The van der Waals surface area contributed by atoms with E-state index < -0.39 is 20.0 Å². The normalized spacial score (nSPS) is 11.5. The molecule has 0 bridgehead atoms. The highest BCUT2D eigenvalue weighted by molar-refractivity contribution is 7.90. The summed E-state index contributed by atoms with van der Waals surface area (Å²) in [6.07, 6.45) is 4.06. The molecule has 0 aliphatic carbocycles. The van der Waals surface area contributed by atoms with Crippen molar-refractivity contribution >= 4 is 20.0 Å². The van der Waals surface area contributed by atoms with Gasteiger partial charge in [0.2, 0.25) is 6.20 Å². The first kappa shape index (κ1) is 20.1. The van der Waals surface area contributed by atoms with E-state index in [0.717, 1.165) is 11.8 Å². The lowest BCUT2D eigenvalue weighted by molar-refractivity contribution is -0.640. The van der Waals surface area contributed by atoms with Gasteiger partial charge in [-0.1, -0.05) is 22.4 Å². The predicted molar refractivity (Wildman–Crippen MR) is 90.4 cm³/mol. The van der Waals surface area contributed by atoms with Gasteiger partial charge in [0.25, 0.3) is 10.1 Å². The number of nitrogens with two attached hydrogens (primary N) is 1. The molecule has 0 aliphatic rings. The molecule has 0 aliphatic heterocycles. The summed E-state index contributed by atoms with van der Waals surface area (Å²) in [5, 5.41) is 0. The minimum absolute atomic E-state index is 0.0260. The van der Waals surface area contributed by atoms with Crippen molar-refractivity contribution in [2.45, 2.75) is 30.6 Å². The summed E-state index contributed by atoms with van der Waals surface area (Å²) in [6, 6.07) is 6.54. The smallest absolute Gasteiger partial charge is 0.282 e. The van der Waals surface area contributed by atoms with Gasteiger partial charge in [-0.3, -0.25) is 4.55 Å². The van der Waals surface area contributed by atoms with Crippen molar-refractivity contribution in [3.8, 4) is 0 Å². The average Bonchev–Trinajstić information content (AvgIpc) is 2.35. The van der Waals surface area contributed by atoms with Crippen molar-refractivity contribution in [2.24, 2.45) is 0 Å². The van der Waals surface area contributed by atoms with Gasteiger partial charge in [0.05, 0.1) is 4.90 Å². The molecule has 2 rings (SSSR count). The molecule has 1 aromatic heterocycles. The molecule has 132 valence electrons. The van der Waals surface area contributed by atoms with Crippen molar-refractivity contribution in [3.63, 3.8) is 0 Å². The van der Waals surface area contributed by atoms with Gasteiger partial charge >= 0.3 is 0 Å². The molecule has 2 aromatic rings. The van der Waals surface area contributed by atoms with Crippen LogP contribution in [0, 0.1) is 20.8 Å². The Morgan fingerprint density at radius 3 is 1.88 bits per heavy atom. The van der Waals surface area contributed by atoms with Gasteiger partial charge in [-0.15, -0.1) is 0 Å². The van der Waals surface area contributed by atoms with E-state index in [2.05, 4.69) is 0 Å². The molecule has 1 heterocycles. The fraction of sp³-hybridized carbons (Fsp3) is 0.267. The van der Waals surface area contributed by atoms with Crippen LogP contribution in [-0.4, -0.2) is 27.6 Å². The van der Waals surface area contributed by atoms with Crippen LogP contribution in [0.2, 0.25) is 0 Å². The Labute approximate surface area is 142 Å². The molecule has 0 saturated heterocycles. The Kier molecular flexibility index (Phi) is 6.09. The quantitative estimate of drug-likeness (QED) is 0.460. The largest absolute Gasteiger partial charge is 0.295 e. The fourth-order valence-corrected chi connectivity index (χ4v) is 3.83. The van der Waals surface area contributed by atoms with Crippen LogP contribution in [-0.2, 0) is 20.0 Å². The van der Waals surface area contributed by atoms with Crippen molar-refractivity contribution in [1.82, 2.24) is 0 Å². The Balaban J connectivity index is 0.000000243. The maximum absolute atomic E-state index is 10.9. The number of hydrogen-bond donors (Lipinski definition) is 2. The lowest BCUT2D eigenvalue weighted by atomic mass is 10.1. The van der Waals surface area contributed by atoms with Crippen LogP contribution in [0.15, 0.2) is 46.5 Å². The summed E-state index contributed by atoms with van der Waals surface area (Å²) in [5.41, 5.74) is 2.16. The topological polar surface area (TPSA) is 118 Å². The van der Waals surface area contributed by atoms with E-state index in [0.29, 0.717) is 11.1 Å². The Hall–Kier alpha value is -1.97. The standard InChI is InChI=1S/C9H12O3S.C6H9N2O2S/c1-6-4-7(2)9(8(3)5-6)13(10,11)12;1-11(9,10)6-3-2-4-8(7)5-6/h4-5H,1-3H3,(H,10,11,12);2-5H,7H2,1H3/q;+1. The Morgan fingerprint density at radius 2 is 1.54 bits per heavy atom. The monoisotopic (exact) mass is 373 g/mol. The molecule has 0 radical (unpaired) electrons. The van der Waals surface area contributed by atoms with Crippen LogP contribution in [0.4, 0.5) is 0 Å². The molecule has 9 heteroatoms. The second-order valence-corrected chi connectivity index (χ2v) is 8.84. The van der Waals surface area contributed by atoms with Crippen molar-refractivity contribution in [3.05, 3.63) is 53.3 Å². The molecule has 0 atom stereocenters. The molecular formula is C15H21N2O5S2+. The molecule has 0 spiro atoms. The maximum Gasteiger partial charge on any atom is 0.295 e. The van der Waals surface area contributed by atoms with E-state index in [4.69, 9.17) is 10.4 Å². The second-order valence-electron chi connectivity index (χ2n) is 5.46. The minimum atomic E-state index is -4.08. The number of nitrogens with zero attached hydrogens (tertiary/aromatic N) is 1. The fourth-order valence-electron chi connectivity index (χ4n) is 2.26. The third kappa shape index (κ3) is 5.59. The molecule has 0 unspecified atom stereocenters. The number of pyridine rings is 1. The number of benzene rings is 1. The molecule has 0 fully saturated rings. The molecule has 24 heavy (non-hydrogen) atoms. The van der Waals surface area contributed by atoms with Gasteiger partial charge in [-0.2, -0.15) is 8.42 Å². The van der Waals surface area contributed by atoms with Crippen LogP contribution >= 0.6 is 0 Å². The van der Waals surface area contributed by atoms with E-state index >= 15 is 0 Å². The highest BCUT2D eigenvalue weighted by Gasteiger charge is 2.16. The van der Waals surface area contributed by atoms with Gasteiger partial charge in [0, 0.05) is 12.3 Å². The molecule has 1 aromatic carbocycles. The molecule has 0 amide bonds. The van der Waals surface area contributed by atoms with Gasteiger partial charge in [-0.05, 0) is 38.0 Å². The SMILES string of the molecule is CS(=O)(=O)c1ccc[n+](N)c1.Cc1cc(C)c(S(=O)(=O)O)c(C)c1. The lowest BCUT2D eigenvalue weighted by Gasteiger charge is -2.07. The van der Waals surface area contributed by atoms with E-state index in [1.54, 1.807) is 38.2 Å². The van der Waals surface area contributed by atoms with E-state index in [1.165, 1.54) is 16.9 Å².